The lowest BCUT2D eigenvalue weighted by molar-refractivity contribution is -0.155. The molecule has 1 aromatic rings. The minimum atomic E-state index is -4.19. The quantitative estimate of drug-likeness (QED) is 0.835. The van der Waals surface area contributed by atoms with Crippen LogP contribution < -0.4 is 5.32 Å². The highest BCUT2D eigenvalue weighted by molar-refractivity contribution is 5.00. The van der Waals surface area contributed by atoms with E-state index in [1.807, 2.05) is 0 Å². The van der Waals surface area contributed by atoms with E-state index in [0.29, 0.717) is 6.42 Å². The molecule has 1 heterocycles. The molecular weight excluding hydrogens is 207 g/mol. The zero-order valence-corrected chi connectivity index (χ0v) is 8.67. The topological polar surface area (TPSA) is 29.9 Å². The lowest BCUT2D eigenvalue weighted by atomic mass is 10.1. The SMILES string of the molecule is CNC(CCc1ccnn1C)C(F)(F)F. The van der Waals surface area contributed by atoms with Crippen LogP contribution in [0.25, 0.3) is 0 Å². The molecule has 1 unspecified atom stereocenters. The number of nitrogens with one attached hydrogen (secondary N) is 1. The highest BCUT2D eigenvalue weighted by Crippen LogP contribution is 2.23. The van der Waals surface area contributed by atoms with Gasteiger partial charge in [-0.05, 0) is 26.0 Å². The van der Waals surface area contributed by atoms with Crippen molar-refractivity contribution < 1.29 is 13.2 Å². The maximum Gasteiger partial charge on any atom is 0.403 e. The number of nitrogens with zero attached hydrogens (tertiary/aromatic N) is 2. The van der Waals surface area contributed by atoms with Gasteiger partial charge in [-0.25, -0.2) is 0 Å². The number of aryl methyl sites for hydroxylation is 2. The molecule has 0 aliphatic rings. The smallest absolute Gasteiger partial charge is 0.309 e. The highest BCUT2D eigenvalue weighted by Gasteiger charge is 2.37. The molecule has 0 spiro atoms. The third kappa shape index (κ3) is 3.23. The molecule has 0 saturated heterocycles. The van der Waals surface area contributed by atoms with Crippen LogP contribution in [0.2, 0.25) is 0 Å². The van der Waals surface area contributed by atoms with Gasteiger partial charge in [-0.15, -0.1) is 0 Å². The largest absolute Gasteiger partial charge is 0.403 e. The Kier molecular flexibility index (Phi) is 3.73. The maximum absolute atomic E-state index is 12.4. The van der Waals surface area contributed by atoms with E-state index in [2.05, 4.69) is 10.4 Å². The summed E-state index contributed by atoms with van der Waals surface area (Å²) in [6.07, 6.45) is -2.22. The van der Waals surface area contributed by atoms with Crippen LogP contribution in [-0.4, -0.2) is 29.0 Å². The third-order valence-electron chi connectivity index (χ3n) is 2.36. The zero-order valence-electron chi connectivity index (χ0n) is 8.67. The van der Waals surface area contributed by atoms with Crippen LogP contribution in [-0.2, 0) is 13.5 Å². The van der Waals surface area contributed by atoms with E-state index in [4.69, 9.17) is 0 Å². The van der Waals surface area contributed by atoms with Crippen molar-refractivity contribution in [1.29, 1.82) is 0 Å². The minimum absolute atomic E-state index is 0.0273. The van der Waals surface area contributed by atoms with Crippen LogP contribution in [0.3, 0.4) is 0 Å². The molecule has 0 aliphatic heterocycles. The summed E-state index contributed by atoms with van der Waals surface area (Å²) < 4.78 is 38.7. The van der Waals surface area contributed by atoms with Crippen LogP contribution in [0.4, 0.5) is 13.2 Å². The monoisotopic (exact) mass is 221 g/mol. The van der Waals surface area contributed by atoms with Crippen LogP contribution in [0.1, 0.15) is 12.1 Å². The standard InChI is InChI=1S/C9H14F3N3/c1-13-8(9(10,11)12)4-3-7-5-6-14-15(7)2/h5-6,8,13H,3-4H2,1-2H3. The Labute approximate surface area is 86.3 Å². The van der Waals surface area contributed by atoms with Crippen molar-refractivity contribution in [3.63, 3.8) is 0 Å². The van der Waals surface area contributed by atoms with Gasteiger partial charge in [-0.1, -0.05) is 0 Å². The van der Waals surface area contributed by atoms with E-state index < -0.39 is 12.2 Å². The summed E-state index contributed by atoms with van der Waals surface area (Å²) in [6.45, 7) is 0. The van der Waals surface area contributed by atoms with Crippen molar-refractivity contribution in [2.45, 2.75) is 25.1 Å². The van der Waals surface area contributed by atoms with Gasteiger partial charge < -0.3 is 5.32 Å². The Morgan fingerprint density at radius 3 is 2.60 bits per heavy atom. The van der Waals surface area contributed by atoms with Crippen molar-refractivity contribution >= 4 is 0 Å². The van der Waals surface area contributed by atoms with Crippen molar-refractivity contribution in [1.82, 2.24) is 15.1 Å². The Hall–Kier alpha value is -1.04. The van der Waals surface area contributed by atoms with Crippen LogP contribution in [0.5, 0.6) is 0 Å². The first kappa shape index (κ1) is 12.0. The second kappa shape index (κ2) is 4.65. The predicted octanol–water partition coefficient (Wildman–Crippen LogP) is 1.50. The fraction of sp³-hybridized carbons (Fsp3) is 0.667. The van der Waals surface area contributed by atoms with E-state index in [0.717, 1.165) is 5.69 Å². The van der Waals surface area contributed by atoms with Gasteiger partial charge in [0.15, 0.2) is 0 Å². The van der Waals surface area contributed by atoms with Gasteiger partial charge in [-0.2, -0.15) is 18.3 Å². The normalized spacial score (nSPS) is 14.2. The minimum Gasteiger partial charge on any atom is -0.309 e. The first-order valence-electron chi connectivity index (χ1n) is 4.66. The average Bonchev–Trinajstić information content (AvgIpc) is 2.50. The molecule has 3 nitrogen and oxygen atoms in total. The Morgan fingerprint density at radius 2 is 2.20 bits per heavy atom. The first-order chi connectivity index (χ1) is 6.95. The van der Waals surface area contributed by atoms with Crippen molar-refractivity contribution in [2.75, 3.05) is 7.05 Å². The van der Waals surface area contributed by atoms with E-state index in [9.17, 15) is 13.2 Å². The van der Waals surface area contributed by atoms with E-state index in [1.54, 1.807) is 24.0 Å². The number of hydrogen-bond acceptors (Lipinski definition) is 2. The molecular formula is C9H14F3N3. The number of rotatable bonds is 4. The van der Waals surface area contributed by atoms with E-state index >= 15 is 0 Å². The average molecular weight is 221 g/mol. The Balaban J connectivity index is 2.52. The summed E-state index contributed by atoms with van der Waals surface area (Å²) in [5.74, 6) is 0. The number of halogens is 3. The molecule has 1 rings (SSSR count). The van der Waals surface area contributed by atoms with E-state index in [-0.39, 0.29) is 6.42 Å². The molecule has 86 valence electrons. The lowest BCUT2D eigenvalue weighted by Gasteiger charge is -2.19. The van der Waals surface area contributed by atoms with Crippen LogP contribution in [0.15, 0.2) is 12.3 Å². The highest BCUT2D eigenvalue weighted by atomic mass is 19.4. The number of alkyl halides is 3. The molecule has 0 fully saturated rings. The number of hydrogen-bond donors (Lipinski definition) is 1. The van der Waals surface area contributed by atoms with Crippen molar-refractivity contribution in [3.05, 3.63) is 18.0 Å². The number of aromatic nitrogens is 2. The van der Waals surface area contributed by atoms with Gasteiger partial charge in [0.2, 0.25) is 0 Å². The van der Waals surface area contributed by atoms with Gasteiger partial charge in [-0.3, -0.25) is 4.68 Å². The Bertz CT molecular complexity index is 306. The second-order valence-electron chi connectivity index (χ2n) is 3.37. The molecule has 0 amide bonds. The van der Waals surface area contributed by atoms with E-state index in [1.165, 1.54) is 7.05 Å². The molecule has 0 aromatic carbocycles. The fourth-order valence-corrected chi connectivity index (χ4v) is 1.41. The molecule has 6 heteroatoms. The van der Waals surface area contributed by atoms with Crippen LogP contribution >= 0.6 is 0 Å². The van der Waals surface area contributed by atoms with Gasteiger partial charge in [0.05, 0.1) is 0 Å². The Morgan fingerprint density at radius 1 is 1.53 bits per heavy atom. The molecule has 0 radical (unpaired) electrons. The summed E-state index contributed by atoms with van der Waals surface area (Å²) in [7, 11) is 3.04. The van der Waals surface area contributed by atoms with Gasteiger partial charge in [0.25, 0.3) is 0 Å². The fourth-order valence-electron chi connectivity index (χ4n) is 1.41. The van der Waals surface area contributed by atoms with Crippen LogP contribution in [0, 0.1) is 0 Å². The molecule has 0 bridgehead atoms. The molecule has 1 N–H and O–H groups in total. The summed E-state index contributed by atoms with van der Waals surface area (Å²) in [5.41, 5.74) is 0.805. The predicted molar refractivity (Wildman–Crippen MR) is 50.4 cm³/mol. The zero-order chi connectivity index (χ0) is 11.5. The molecule has 0 aliphatic carbocycles. The van der Waals surface area contributed by atoms with Gasteiger partial charge >= 0.3 is 6.18 Å². The lowest BCUT2D eigenvalue weighted by Crippen LogP contribution is -2.40. The second-order valence-corrected chi connectivity index (χ2v) is 3.37. The van der Waals surface area contributed by atoms with Gasteiger partial charge in [0.1, 0.15) is 6.04 Å². The summed E-state index contributed by atoms with van der Waals surface area (Å²) >= 11 is 0. The molecule has 0 saturated carbocycles. The molecule has 1 atom stereocenters. The van der Waals surface area contributed by atoms with Crippen molar-refractivity contribution in [3.8, 4) is 0 Å². The van der Waals surface area contributed by atoms with Gasteiger partial charge in [0, 0.05) is 18.9 Å². The molecule has 1 aromatic heterocycles. The summed E-state index contributed by atoms with van der Waals surface area (Å²) in [6, 6.07) is 0.274. The first-order valence-corrected chi connectivity index (χ1v) is 4.66. The molecule has 15 heavy (non-hydrogen) atoms. The maximum atomic E-state index is 12.4. The van der Waals surface area contributed by atoms with Crippen molar-refractivity contribution in [2.24, 2.45) is 7.05 Å². The summed E-state index contributed by atoms with van der Waals surface area (Å²) in [5, 5.41) is 6.17. The third-order valence-corrected chi connectivity index (χ3v) is 2.36. The summed E-state index contributed by atoms with van der Waals surface area (Å²) in [4.78, 5) is 0.